The highest BCUT2D eigenvalue weighted by molar-refractivity contribution is 7.89. The topological polar surface area (TPSA) is 80.0 Å². The van der Waals surface area contributed by atoms with E-state index < -0.39 is 10.0 Å². The van der Waals surface area contributed by atoms with Gasteiger partial charge in [-0.15, -0.1) is 0 Å². The minimum absolute atomic E-state index is 0.180. The van der Waals surface area contributed by atoms with E-state index in [-0.39, 0.29) is 4.90 Å². The molecule has 0 aromatic heterocycles. The van der Waals surface area contributed by atoms with E-state index >= 15 is 0 Å². The molecule has 1 aliphatic rings. The number of hydrogen-bond donors (Lipinski definition) is 2. The first-order valence-electron chi connectivity index (χ1n) is 5.27. The molecule has 1 aliphatic heterocycles. The molecule has 0 unspecified atom stereocenters. The van der Waals surface area contributed by atoms with E-state index in [4.69, 9.17) is 5.14 Å². The maximum atomic E-state index is 11.2. The summed E-state index contributed by atoms with van der Waals surface area (Å²) in [5.74, 6) is 0. The molecular weight excluding hydrogens is 226 g/mol. The minimum Gasteiger partial charge on any atom is -0.360 e. The Kier molecular flexibility index (Phi) is 3.13. The lowest BCUT2D eigenvalue weighted by Gasteiger charge is -2.27. The Balaban J connectivity index is 2.28. The van der Waals surface area contributed by atoms with Gasteiger partial charge in [0.25, 0.3) is 0 Å². The van der Waals surface area contributed by atoms with Gasteiger partial charge in [0.1, 0.15) is 0 Å². The fourth-order valence-corrected chi connectivity index (χ4v) is 2.42. The van der Waals surface area contributed by atoms with E-state index in [0.29, 0.717) is 0 Å². The van der Waals surface area contributed by atoms with Gasteiger partial charge in [-0.2, -0.15) is 0 Å². The molecule has 1 aromatic rings. The maximum Gasteiger partial charge on any atom is 0.238 e. The standard InChI is InChI=1S/C10H15N3O2S/c11-16(14,15)10-3-1-2-9(8-10)13-6-4-12-5-7-13/h1-3,8,12H,4-7H2,(H2,11,14,15)/p+1. The van der Waals surface area contributed by atoms with Gasteiger partial charge < -0.3 is 10.2 Å². The SMILES string of the molecule is NS(=O)(=O)c1cccc(N2CC[NH2+]CC2)c1. The molecule has 6 heteroatoms. The third-order valence-electron chi connectivity index (χ3n) is 2.72. The Morgan fingerprint density at radius 2 is 1.94 bits per heavy atom. The maximum absolute atomic E-state index is 11.2. The Hall–Kier alpha value is -1.11. The summed E-state index contributed by atoms with van der Waals surface area (Å²) in [6, 6.07) is 6.81. The summed E-state index contributed by atoms with van der Waals surface area (Å²) in [6.07, 6.45) is 0. The van der Waals surface area contributed by atoms with Crippen molar-refractivity contribution in [2.45, 2.75) is 4.90 Å². The molecule has 4 N–H and O–H groups in total. The van der Waals surface area contributed by atoms with Crippen molar-refractivity contribution >= 4 is 15.7 Å². The van der Waals surface area contributed by atoms with Crippen LogP contribution in [0.4, 0.5) is 5.69 Å². The van der Waals surface area contributed by atoms with E-state index in [0.717, 1.165) is 31.9 Å². The molecule has 88 valence electrons. The molecule has 1 heterocycles. The highest BCUT2D eigenvalue weighted by Crippen LogP contribution is 2.18. The van der Waals surface area contributed by atoms with Gasteiger partial charge in [-0.05, 0) is 18.2 Å². The summed E-state index contributed by atoms with van der Waals surface area (Å²) in [4.78, 5) is 2.36. The van der Waals surface area contributed by atoms with E-state index in [1.54, 1.807) is 12.1 Å². The average molecular weight is 242 g/mol. The van der Waals surface area contributed by atoms with Crippen LogP contribution in [0.5, 0.6) is 0 Å². The van der Waals surface area contributed by atoms with Crippen molar-refractivity contribution in [3.8, 4) is 0 Å². The Bertz CT molecular complexity index is 467. The number of quaternary nitrogens is 1. The number of nitrogens with two attached hydrogens (primary N) is 2. The van der Waals surface area contributed by atoms with Crippen molar-refractivity contribution in [3.63, 3.8) is 0 Å². The molecule has 0 amide bonds. The molecule has 0 saturated carbocycles. The molecule has 1 aromatic carbocycles. The summed E-state index contributed by atoms with van der Waals surface area (Å²) in [5, 5.41) is 7.35. The Labute approximate surface area is 95.3 Å². The van der Waals surface area contributed by atoms with Gasteiger partial charge in [0.2, 0.25) is 10.0 Å². The van der Waals surface area contributed by atoms with Crippen LogP contribution in [-0.2, 0) is 10.0 Å². The Morgan fingerprint density at radius 1 is 1.25 bits per heavy atom. The number of rotatable bonds is 2. The summed E-state index contributed by atoms with van der Waals surface area (Å²) in [5.41, 5.74) is 0.930. The number of hydrogen-bond acceptors (Lipinski definition) is 3. The van der Waals surface area contributed by atoms with Crippen LogP contribution in [-0.4, -0.2) is 34.6 Å². The van der Waals surface area contributed by atoms with Crippen molar-refractivity contribution in [2.24, 2.45) is 5.14 Å². The molecule has 16 heavy (non-hydrogen) atoms. The third-order valence-corrected chi connectivity index (χ3v) is 3.63. The zero-order valence-corrected chi connectivity index (χ0v) is 9.78. The van der Waals surface area contributed by atoms with Crippen molar-refractivity contribution in [1.82, 2.24) is 0 Å². The molecule has 0 spiro atoms. The summed E-state index contributed by atoms with van der Waals surface area (Å²) in [7, 11) is -3.60. The lowest BCUT2D eigenvalue weighted by Crippen LogP contribution is -2.89. The summed E-state index contributed by atoms with van der Waals surface area (Å²) in [6.45, 7) is 3.96. The predicted octanol–water partition coefficient (Wildman–Crippen LogP) is -1.28. The second-order valence-corrected chi connectivity index (χ2v) is 5.46. The zero-order valence-electron chi connectivity index (χ0n) is 8.96. The largest absolute Gasteiger partial charge is 0.360 e. The third kappa shape index (κ3) is 2.52. The van der Waals surface area contributed by atoms with E-state index in [1.807, 2.05) is 6.07 Å². The highest BCUT2D eigenvalue weighted by atomic mass is 32.2. The summed E-state index contributed by atoms with van der Waals surface area (Å²) >= 11 is 0. The number of nitrogens with zero attached hydrogens (tertiary/aromatic N) is 1. The average Bonchev–Trinajstić information content (AvgIpc) is 2.29. The van der Waals surface area contributed by atoms with Gasteiger partial charge in [0.15, 0.2) is 0 Å². The first kappa shape index (κ1) is 11.4. The number of primary sulfonamides is 1. The van der Waals surface area contributed by atoms with E-state index in [1.165, 1.54) is 6.07 Å². The van der Waals surface area contributed by atoms with Gasteiger partial charge in [-0.3, -0.25) is 0 Å². The molecule has 0 bridgehead atoms. The first-order valence-corrected chi connectivity index (χ1v) is 6.81. The second kappa shape index (κ2) is 4.40. The van der Waals surface area contributed by atoms with Crippen molar-refractivity contribution in [1.29, 1.82) is 0 Å². The zero-order chi connectivity index (χ0) is 11.6. The van der Waals surface area contributed by atoms with Gasteiger partial charge in [-0.1, -0.05) is 6.07 Å². The first-order chi connectivity index (χ1) is 7.57. The van der Waals surface area contributed by atoms with Gasteiger partial charge in [-0.25, -0.2) is 13.6 Å². The van der Waals surface area contributed by atoms with Crippen LogP contribution in [0.1, 0.15) is 0 Å². The fraction of sp³-hybridized carbons (Fsp3) is 0.400. The molecule has 5 nitrogen and oxygen atoms in total. The molecule has 1 fully saturated rings. The van der Waals surface area contributed by atoms with Crippen LogP contribution < -0.4 is 15.4 Å². The number of anilines is 1. The van der Waals surface area contributed by atoms with Crippen molar-refractivity contribution in [3.05, 3.63) is 24.3 Å². The van der Waals surface area contributed by atoms with E-state index in [2.05, 4.69) is 10.2 Å². The molecule has 0 aliphatic carbocycles. The van der Waals surface area contributed by atoms with Gasteiger partial charge in [0.05, 0.1) is 31.1 Å². The molecular formula is C10H16N3O2S+. The normalized spacial score (nSPS) is 17.4. The van der Waals surface area contributed by atoms with Crippen LogP contribution in [0.25, 0.3) is 0 Å². The highest BCUT2D eigenvalue weighted by Gasteiger charge is 2.15. The number of benzene rings is 1. The lowest BCUT2D eigenvalue weighted by atomic mass is 10.2. The van der Waals surface area contributed by atoms with Crippen molar-refractivity contribution < 1.29 is 13.7 Å². The molecule has 0 radical (unpaired) electrons. The number of sulfonamides is 1. The fourth-order valence-electron chi connectivity index (χ4n) is 1.87. The van der Waals surface area contributed by atoms with Crippen molar-refractivity contribution in [2.75, 3.05) is 31.1 Å². The Morgan fingerprint density at radius 3 is 2.56 bits per heavy atom. The molecule has 2 rings (SSSR count). The number of piperazine rings is 1. The van der Waals surface area contributed by atoms with Crippen LogP contribution in [0.15, 0.2) is 29.2 Å². The van der Waals surface area contributed by atoms with E-state index in [9.17, 15) is 8.42 Å². The monoisotopic (exact) mass is 242 g/mol. The quantitative estimate of drug-likeness (QED) is 0.678. The van der Waals surface area contributed by atoms with Gasteiger partial charge >= 0.3 is 0 Å². The van der Waals surface area contributed by atoms with Crippen LogP contribution in [0.3, 0.4) is 0 Å². The minimum atomic E-state index is -3.60. The molecule has 0 atom stereocenters. The predicted molar refractivity (Wildman–Crippen MR) is 61.7 cm³/mol. The van der Waals surface area contributed by atoms with Crippen LogP contribution in [0, 0.1) is 0 Å². The second-order valence-electron chi connectivity index (χ2n) is 3.90. The lowest BCUT2D eigenvalue weighted by molar-refractivity contribution is -0.655. The smallest absolute Gasteiger partial charge is 0.238 e. The summed E-state index contributed by atoms with van der Waals surface area (Å²) < 4.78 is 22.4. The van der Waals surface area contributed by atoms with Gasteiger partial charge in [0, 0.05) is 5.69 Å². The van der Waals surface area contributed by atoms with Crippen LogP contribution >= 0.6 is 0 Å². The molecule has 1 saturated heterocycles. The van der Waals surface area contributed by atoms with Crippen LogP contribution in [0.2, 0.25) is 0 Å².